The minimum Gasteiger partial charge on any atom is -0.325 e. The molecule has 0 radical (unpaired) electrons. The summed E-state index contributed by atoms with van der Waals surface area (Å²) in [6.07, 6.45) is 2.66. The molecule has 0 aliphatic carbocycles. The molecule has 168 valence electrons. The first-order valence-corrected chi connectivity index (χ1v) is 13.0. The molecular weight excluding hydrogens is 483 g/mol. The van der Waals surface area contributed by atoms with E-state index in [-0.39, 0.29) is 11.7 Å². The predicted molar refractivity (Wildman–Crippen MR) is 137 cm³/mol. The quantitative estimate of drug-likeness (QED) is 0.237. The average Bonchev–Trinajstić information content (AvgIpc) is 3.16. The van der Waals surface area contributed by atoms with Gasteiger partial charge in [-0.15, -0.1) is 28.5 Å². The number of hydrogen-bond donors (Lipinski definition) is 1. The number of hydrogen-bond acceptors (Lipinski definition) is 5. The molecule has 0 saturated heterocycles. The molecule has 3 aromatic rings. The minimum atomic E-state index is -0.0719. The number of carbonyl (C=O) groups excluding carboxylic acids is 1. The van der Waals surface area contributed by atoms with Gasteiger partial charge in [-0.1, -0.05) is 72.2 Å². The van der Waals surface area contributed by atoms with Gasteiger partial charge in [0.2, 0.25) is 5.91 Å². The Bertz CT molecular complexity index is 1090. The molecule has 0 saturated carbocycles. The largest absolute Gasteiger partial charge is 0.325 e. The second-order valence-electron chi connectivity index (χ2n) is 6.87. The zero-order valence-electron chi connectivity index (χ0n) is 17.7. The van der Waals surface area contributed by atoms with Gasteiger partial charge in [0, 0.05) is 28.0 Å². The third-order valence-corrected chi connectivity index (χ3v) is 7.14. The maximum Gasteiger partial charge on any atom is 0.234 e. The topological polar surface area (TPSA) is 59.8 Å². The number of rotatable bonds is 11. The Morgan fingerprint density at radius 1 is 1.16 bits per heavy atom. The number of aryl methyl sites for hydroxylation is 1. The van der Waals surface area contributed by atoms with Crippen molar-refractivity contribution in [2.24, 2.45) is 0 Å². The van der Waals surface area contributed by atoms with Crippen LogP contribution in [0.4, 0.5) is 5.69 Å². The average molecular weight is 508 g/mol. The maximum atomic E-state index is 12.5. The first-order valence-electron chi connectivity index (χ1n) is 10.1. The van der Waals surface area contributed by atoms with Crippen LogP contribution in [0.3, 0.4) is 0 Å². The lowest BCUT2D eigenvalue weighted by molar-refractivity contribution is -0.113. The number of allylic oxidation sites excluding steroid dienone is 1. The zero-order valence-corrected chi connectivity index (χ0v) is 20.8. The molecule has 1 N–H and O–H groups in total. The Hall–Kier alpha value is -1.93. The van der Waals surface area contributed by atoms with Crippen molar-refractivity contribution in [2.75, 3.05) is 11.1 Å². The van der Waals surface area contributed by atoms with Gasteiger partial charge in [0.15, 0.2) is 5.16 Å². The highest BCUT2D eigenvalue weighted by molar-refractivity contribution is 7.99. The second-order valence-corrected chi connectivity index (χ2v) is 9.65. The number of benzene rings is 2. The summed E-state index contributed by atoms with van der Waals surface area (Å²) in [5.41, 5.74) is 2.99. The van der Waals surface area contributed by atoms with Crippen LogP contribution in [0, 0.1) is 0 Å². The summed E-state index contributed by atoms with van der Waals surface area (Å²) in [6, 6.07) is 13.3. The van der Waals surface area contributed by atoms with E-state index in [2.05, 4.69) is 29.0 Å². The molecular formula is C23H24Cl2N4OS2. The fraction of sp³-hybridized carbons (Fsp3) is 0.261. The molecule has 1 aromatic heterocycles. The summed E-state index contributed by atoms with van der Waals surface area (Å²) >= 11 is 15.3. The van der Waals surface area contributed by atoms with Gasteiger partial charge in [-0.05, 0) is 35.7 Å². The summed E-state index contributed by atoms with van der Waals surface area (Å²) in [4.78, 5) is 12.5. The maximum absolute atomic E-state index is 12.5. The Balaban J connectivity index is 1.58. The van der Waals surface area contributed by atoms with E-state index in [9.17, 15) is 4.79 Å². The lowest BCUT2D eigenvalue weighted by Gasteiger charge is -2.10. The standard InChI is InChI=1S/C23H24Cl2N4OS2/c1-3-11-29-21(14-31-13-17-9-10-18(24)12-19(17)25)27-28-23(29)32-15-22(30)26-20-8-6-5-7-16(20)4-2/h3,5-10,12H,1,4,11,13-15H2,2H3,(H,26,30). The summed E-state index contributed by atoms with van der Waals surface area (Å²) < 4.78 is 1.99. The minimum absolute atomic E-state index is 0.0719. The van der Waals surface area contributed by atoms with E-state index in [0.29, 0.717) is 27.5 Å². The van der Waals surface area contributed by atoms with Crippen LogP contribution in [-0.2, 0) is 29.3 Å². The number of amides is 1. The third-order valence-electron chi connectivity index (χ3n) is 4.61. The molecule has 3 rings (SSSR count). The highest BCUT2D eigenvalue weighted by atomic mass is 35.5. The number of para-hydroxylation sites is 1. The molecule has 0 fully saturated rings. The van der Waals surface area contributed by atoms with Crippen molar-refractivity contribution in [3.05, 3.63) is 82.1 Å². The van der Waals surface area contributed by atoms with E-state index in [1.54, 1.807) is 23.9 Å². The Morgan fingerprint density at radius 2 is 1.97 bits per heavy atom. The van der Waals surface area contributed by atoms with E-state index in [1.807, 2.05) is 41.0 Å². The van der Waals surface area contributed by atoms with E-state index in [0.717, 1.165) is 34.8 Å². The van der Waals surface area contributed by atoms with Crippen LogP contribution >= 0.6 is 46.7 Å². The van der Waals surface area contributed by atoms with Gasteiger partial charge in [-0.25, -0.2) is 0 Å². The molecule has 0 aliphatic rings. The summed E-state index contributed by atoms with van der Waals surface area (Å²) in [6.45, 7) is 6.48. The molecule has 1 heterocycles. The van der Waals surface area contributed by atoms with Crippen LogP contribution in [0.5, 0.6) is 0 Å². The van der Waals surface area contributed by atoms with E-state index in [1.165, 1.54) is 11.8 Å². The number of carbonyl (C=O) groups is 1. The van der Waals surface area contributed by atoms with E-state index >= 15 is 0 Å². The fourth-order valence-corrected chi connectivity index (χ4v) is 5.29. The molecule has 1 amide bonds. The molecule has 0 atom stereocenters. The third kappa shape index (κ3) is 6.78. The molecule has 0 bridgehead atoms. The lowest BCUT2D eigenvalue weighted by atomic mass is 10.1. The molecule has 0 spiro atoms. The normalized spacial score (nSPS) is 10.8. The van der Waals surface area contributed by atoms with Crippen LogP contribution in [0.1, 0.15) is 23.9 Å². The number of nitrogens with zero attached hydrogens (tertiary/aromatic N) is 3. The van der Waals surface area contributed by atoms with Gasteiger partial charge in [0.25, 0.3) is 0 Å². The highest BCUT2D eigenvalue weighted by Gasteiger charge is 2.14. The molecule has 0 aliphatic heterocycles. The van der Waals surface area contributed by atoms with Gasteiger partial charge in [0.05, 0.1) is 11.5 Å². The number of anilines is 1. The summed E-state index contributed by atoms with van der Waals surface area (Å²) in [5, 5.41) is 13.6. The van der Waals surface area contributed by atoms with Crippen LogP contribution < -0.4 is 5.32 Å². The summed E-state index contributed by atoms with van der Waals surface area (Å²) in [5.74, 6) is 2.41. The van der Waals surface area contributed by atoms with E-state index < -0.39 is 0 Å². The Labute approximate surface area is 207 Å². The molecule has 0 unspecified atom stereocenters. The number of thioether (sulfide) groups is 2. The SMILES string of the molecule is C=CCn1c(CSCc2ccc(Cl)cc2Cl)nnc1SCC(=O)Nc1ccccc1CC. The van der Waals surface area contributed by atoms with Gasteiger partial charge in [-0.3, -0.25) is 4.79 Å². The smallest absolute Gasteiger partial charge is 0.234 e. The zero-order chi connectivity index (χ0) is 22.9. The fourth-order valence-electron chi connectivity index (χ4n) is 3.00. The molecule has 32 heavy (non-hydrogen) atoms. The van der Waals surface area contributed by atoms with E-state index in [4.69, 9.17) is 23.2 Å². The van der Waals surface area contributed by atoms with Crippen molar-refractivity contribution in [1.29, 1.82) is 0 Å². The monoisotopic (exact) mass is 506 g/mol. The first kappa shape index (κ1) is 24.7. The number of halogens is 2. The van der Waals surface area contributed by atoms with Crippen LogP contribution in [0.25, 0.3) is 0 Å². The van der Waals surface area contributed by atoms with Gasteiger partial charge in [0.1, 0.15) is 5.82 Å². The van der Waals surface area contributed by atoms with Crippen molar-refractivity contribution in [3.8, 4) is 0 Å². The molecule has 5 nitrogen and oxygen atoms in total. The molecule has 9 heteroatoms. The van der Waals surface area contributed by atoms with Gasteiger partial charge < -0.3 is 9.88 Å². The van der Waals surface area contributed by atoms with Crippen molar-refractivity contribution in [2.45, 2.75) is 36.6 Å². The van der Waals surface area contributed by atoms with Crippen molar-refractivity contribution in [1.82, 2.24) is 14.8 Å². The summed E-state index contributed by atoms with van der Waals surface area (Å²) in [7, 11) is 0. The van der Waals surface area contributed by atoms with Crippen molar-refractivity contribution >= 4 is 58.3 Å². The van der Waals surface area contributed by atoms with Crippen LogP contribution in [0.15, 0.2) is 60.3 Å². The van der Waals surface area contributed by atoms with Gasteiger partial charge >= 0.3 is 0 Å². The Morgan fingerprint density at radius 3 is 2.72 bits per heavy atom. The van der Waals surface area contributed by atoms with Gasteiger partial charge in [-0.2, -0.15) is 0 Å². The van der Waals surface area contributed by atoms with Crippen LogP contribution in [-0.4, -0.2) is 26.4 Å². The second kappa shape index (κ2) is 12.3. The number of aromatic nitrogens is 3. The number of nitrogens with one attached hydrogen (secondary N) is 1. The van der Waals surface area contributed by atoms with Crippen molar-refractivity contribution in [3.63, 3.8) is 0 Å². The molecule has 2 aromatic carbocycles. The van der Waals surface area contributed by atoms with Crippen molar-refractivity contribution < 1.29 is 4.79 Å². The lowest BCUT2D eigenvalue weighted by Crippen LogP contribution is -2.16. The first-order chi connectivity index (χ1) is 15.5. The van der Waals surface area contributed by atoms with Crippen LogP contribution in [0.2, 0.25) is 10.0 Å². The highest BCUT2D eigenvalue weighted by Crippen LogP contribution is 2.27. The Kier molecular flexibility index (Phi) is 9.53. The predicted octanol–water partition coefficient (Wildman–Crippen LogP) is 6.50.